The van der Waals surface area contributed by atoms with E-state index < -0.39 is 0 Å². The average molecular weight is 308 g/mol. The maximum Gasteiger partial charge on any atom is 0.145 e. The van der Waals surface area contributed by atoms with Crippen molar-refractivity contribution < 1.29 is 0 Å². The van der Waals surface area contributed by atoms with Gasteiger partial charge in [-0.2, -0.15) is 0 Å². The number of nitrogens with zero attached hydrogens (tertiary/aromatic N) is 3. The van der Waals surface area contributed by atoms with Crippen LogP contribution in [0.5, 0.6) is 0 Å². The van der Waals surface area contributed by atoms with Crippen LogP contribution in [0.15, 0.2) is 0 Å². The van der Waals surface area contributed by atoms with E-state index in [1.807, 2.05) is 11.3 Å². The molecule has 2 aromatic rings. The van der Waals surface area contributed by atoms with Crippen LogP contribution in [0.2, 0.25) is 5.15 Å². The van der Waals surface area contributed by atoms with Crippen molar-refractivity contribution in [3.05, 3.63) is 21.4 Å². The molecule has 0 unspecified atom stereocenters. The molecular weight excluding hydrogens is 290 g/mol. The first kappa shape index (κ1) is 13.0. The minimum Gasteiger partial charge on any atom is -0.296 e. The quantitative estimate of drug-likeness (QED) is 0.790. The van der Waals surface area contributed by atoms with E-state index in [0.717, 1.165) is 29.0 Å². The molecule has 3 heterocycles. The van der Waals surface area contributed by atoms with Crippen LogP contribution in [-0.4, -0.2) is 28.0 Å². The maximum absolute atomic E-state index is 6.46. The third-order valence-electron chi connectivity index (χ3n) is 4.38. The second kappa shape index (κ2) is 5.24. The van der Waals surface area contributed by atoms with Crippen molar-refractivity contribution in [2.75, 3.05) is 13.1 Å². The zero-order chi connectivity index (χ0) is 13.5. The third-order valence-corrected chi connectivity index (χ3v) is 5.84. The van der Waals surface area contributed by atoms with Crippen molar-refractivity contribution in [3.8, 4) is 0 Å². The maximum atomic E-state index is 6.46. The number of aromatic nitrogens is 2. The van der Waals surface area contributed by atoms with Crippen LogP contribution in [-0.2, 0) is 19.4 Å². The standard InChI is InChI=1S/C15H18ClN3S/c16-14-13-10-5-1-2-6-11(10)20-15(13)18-12(17-14)9-19-7-3-4-8-19/h1-9H2. The summed E-state index contributed by atoms with van der Waals surface area (Å²) in [5.74, 6) is 0.892. The largest absolute Gasteiger partial charge is 0.296 e. The van der Waals surface area contributed by atoms with Gasteiger partial charge in [-0.25, -0.2) is 9.97 Å². The number of fused-ring (bicyclic) bond motifs is 3. The monoisotopic (exact) mass is 307 g/mol. The van der Waals surface area contributed by atoms with Gasteiger partial charge in [-0.3, -0.25) is 4.90 Å². The molecule has 3 nitrogen and oxygen atoms in total. The van der Waals surface area contributed by atoms with E-state index >= 15 is 0 Å². The molecule has 0 atom stereocenters. The minimum atomic E-state index is 0.670. The Balaban J connectivity index is 1.73. The number of rotatable bonds is 2. The molecule has 106 valence electrons. The van der Waals surface area contributed by atoms with Crippen LogP contribution in [0.25, 0.3) is 10.2 Å². The van der Waals surface area contributed by atoms with Crippen LogP contribution in [0.4, 0.5) is 0 Å². The molecule has 2 aliphatic rings. The number of likely N-dealkylation sites (tertiary alicyclic amines) is 1. The predicted molar refractivity (Wildman–Crippen MR) is 83.6 cm³/mol. The van der Waals surface area contributed by atoms with E-state index in [9.17, 15) is 0 Å². The molecule has 1 saturated heterocycles. The summed E-state index contributed by atoms with van der Waals surface area (Å²) in [7, 11) is 0. The van der Waals surface area contributed by atoms with Crippen molar-refractivity contribution in [3.63, 3.8) is 0 Å². The fraction of sp³-hybridized carbons (Fsp3) is 0.600. The van der Waals surface area contributed by atoms with E-state index in [0.29, 0.717) is 5.15 Å². The Morgan fingerprint density at radius 2 is 1.85 bits per heavy atom. The summed E-state index contributed by atoms with van der Waals surface area (Å²) in [5.41, 5.74) is 1.42. The average Bonchev–Trinajstić information content (AvgIpc) is 3.05. The molecule has 0 amide bonds. The second-order valence-electron chi connectivity index (χ2n) is 5.80. The highest BCUT2D eigenvalue weighted by Gasteiger charge is 2.21. The topological polar surface area (TPSA) is 29.0 Å². The normalized spacial score (nSPS) is 19.6. The predicted octanol–water partition coefficient (Wildman–Crippen LogP) is 3.82. The molecule has 5 heteroatoms. The van der Waals surface area contributed by atoms with Crippen LogP contribution in [0, 0.1) is 0 Å². The molecule has 1 fully saturated rings. The van der Waals surface area contributed by atoms with Crippen molar-refractivity contribution in [1.82, 2.24) is 14.9 Å². The molecule has 1 aliphatic heterocycles. The third kappa shape index (κ3) is 2.24. The first-order valence-electron chi connectivity index (χ1n) is 7.50. The Hall–Kier alpha value is -0.710. The van der Waals surface area contributed by atoms with Gasteiger partial charge in [0.2, 0.25) is 0 Å². The van der Waals surface area contributed by atoms with Crippen molar-refractivity contribution in [2.45, 2.75) is 45.1 Å². The second-order valence-corrected chi connectivity index (χ2v) is 7.25. The van der Waals surface area contributed by atoms with Gasteiger partial charge in [0.25, 0.3) is 0 Å². The van der Waals surface area contributed by atoms with Gasteiger partial charge < -0.3 is 0 Å². The fourth-order valence-corrected chi connectivity index (χ4v) is 5.00. The molecule has 2 aromatic heterocycles. The summed E-state index contributed by atoms with van der Waals surface area (Å²) >= 11 is 8.29. The summed E-state index contributed by atoms with van der Waals surface area (Å²) in [5, 5.41) is 1.81. The van der Waals surface area contributed by atoms with Crippen LogP contribution in [0.3, 0.4) is 0 Å². The molecule has 4 rings (SSSR count). The summed E-state index contributed by atoms with van der Waals surface area (Å²) in [6, 6.07) is 0. The lowest BCUT2D eigenvalue weighted by atomic mass is 9.97. The number of hydrogen-bond donors (Lipinski definition) is 0. The van der Waals surface area contributed by atoms with Gasteiger partial charge in [-0.1, -0.05) is 11.6 Å². The molecule has 20 heavy (non-hydrogen) atoms. The zero-order valence-corrected chi connectivity index (χ0v) is 13.1. The Labute approximate surface area is 128 Å². The molecule has 1 aliphatic carbocycles. The van der Waals surface area contributed by atoms with Crippen LogP contribution in [0.1, 0.15) is 41.9 Å². The van der Waals surface area contributed by atoms with Gasteiger partial charge in [0.05, 0.1) is 11.9 Å². The van der Waals surface area contributed by atoms with Gasteiger partial charge in [0.1, 0.15) is 15.8 Å². The molecule has 0 saturated carbocycles. The Morgan fingerprint density at radius 1 is 1.05 bits per heavy atom. The summed E-state index contributed by atoms with van der Waals surface area (Å²) < 4.78 is 0. The Kier molecular flexibility index (Phi) is 3.41. The Morgan fingerprint density at radius 3 is 2.70 bits per heavy atom. The zero-order valence-electron chi connectivity index (χ0n) is 11.5. The first-order chi connectivity index (χ1) is 9.81. The molecule has 0 radical (unpaired) electrons. The molecular formula is C15H18ClN3S. The molecule has 0 bridgehead atoms. The lowest BCUT2D eigenvalue weighted by Crippen LogP contribution is -2.20. The lowest BCUT2D eigenvalue weighted by molar-refractivity contribution is 0.323. The highest BCUT2D eigenvalue weighted by atomic mass is 35.5. The first-order valence-corrected chi connectivity index (χ1v) is 8.70. The summed E-state index contributed by atoms with van der Waals surface area (Å²) in [6.07, 6.45) is 7.49. The summed E-state index contributed by atoms with van der Waals surface area (Å²) in [4.78, 5) is 14.4. The van der Waals surface area contributed by atoms with E-state index in [1.54, 1.807) is 0 Å². The van der Waals surface area contributed by atoms with Crippen molar-refractivity contribution in [2.24, 2.45) is 0 Å². The molecule has 0 N–H and O–H groups in total. The van der Waals surface area contributed by atoms with E-state index in [-0.39, 0.29) is 0 Å². The number of thiophene rings is 1. The van der Waals surface area contributed by atoms with Crippen molar-refractivity contribution >= 4 is 33.2 Å². The van der Waals surface area contributed by atoms with Gasteiger partial charge >= 0.3 is 0 Å². The minimum absolute atomic E-state index is 0.670. The van der Waals surface area contributed by atoms with Crippen LogP contribution >= 0.6 is 22.9 Å². The fourth-order valence-electron chi connectivity index (χ4n) is 3.37. The summed E-state index contributed by atoms with van der Waals surface area (Å²) in [6.45, 7) is 3.18. The van der Waals surface area contributed by atoms with Crippen molar-refractivity contribution in [1.29, 1.82) is 0 Å². The van der Waals surface area contributed by atoms with E-state index in [4.69, 9.17) is 16.6 Å². The number of halogens is 1. The smallest absolute Gasteiger partial charge is 0.145 e. The van der Waals surface area contributed by atoms with Gasteiger partial charge in [0.15, 0.2) is 0 Å². The number of hydrogen-bond acceptors (Lipinski definition) is 4. The number of aryl methyl sites for hydroxylation is 2. The van der Waals surface area contributed by atoms with Crippen LogP contribution < -0.4 is 0 Å². The van der Waals surface area contributed by atoms with Gasteiger partial charge in [-0.05, 0) is 57.2 Å². The SMILES string of the molecule is Clc1nc(CN2CCCC2)nc2sc3c(c12)CCCC3. The Bertz CT molecular complexity index is 646. The molecule has 0 aromatic carbocycles. The van der Waals surface area contributed by atoms with E-state index in [1.165, 1.54) is 55.6 Å². The van der Waals surface area contributed by atoms with E-state index in [2.05, 4.69) is 9.88 Å². The van der Waals surface area contributed by atoms with Gasteiger partial charge in [0, 0.05) is 4.88 Å². The lowest BCUT2D eigenvalue weighted by Gasteiger charge is -2.13. The highest BCUT2D eigenvalue weighted by molar-refractivity contribution is 7.19. The molecule has 0 spiro atoms. The van der Waals surface area contributed by atoms with Gasteiger partial charge in [-0.15, -0.1) is 11.3 Å². The highest BCUT2D eigenvalue weighted by Crippen LogP contribution is 2.38.